The second-order valence-electron chi connectivity index (χ2n) is 5.62. The Morgan fingerprint density at radius 3 is 2.83 bits per heavy atom. The van der Waals surface area contributed by atoms with Crippen LogP contribution >= 0.6 is 11.3 Å². The maximum Gasteiger partial charge on any atom is 0.330 e. The normalized spacial score (nSPS) is 11.2. The van der Waals surface area contributed by atoms with Gasteiger partial charge in [0.1, 0.15) is 0 Å². The number of aromatic nitrogens is 5. The monoisotopic (exact) mass is 337 g/mol. The molecular formula is C17H15N5OS. The minimum atomic E-state index is -0.109. The van der Waals surface area contributed by atoms with Crippen LogP contribution in [-0.2, 0) is 13.6 Å². The van der Waals surface area contributed by atoms with Gasteiger partial charge >= 0.3 is 5.69 Å². The summed E-state index contributed by atoms with van der Waals surface area (Å²) in [4.78, 5) is 19.5. The second kappa shape index (κ2) is 5.68. The summed E-state index contributed by atoms with van der Waals surface area (Å²) in [6.07, 6.45) is 3.44. The lowest BCUT2D eigenvalue weighted by atomic mass is 10.2. The van der Waals surface area contributed by atoms with Gasteiger partial charge in [-0.1, -0.05) is 0 Å². The number of hydrogen-bond acceptors (Lipinski definition) is 5. The van der Waals surface area contributed by atoms with Crippen molar-refractivity contribution in [3.05, 3.63) is 63.8 Å². The number of thiophene rings is 1. The molecule has 120 valence electrons. The molecule has 0 saturated heterocycles. The van der Waals surface area contributed by atoms with Crippen molar-refractivity contribution in [3.8, 4) is 10.4 Å². The first kappa shape index (κ1) is 14.8. The topological polar surface area (TPSA) is 65.6 Å². The van der Waals surface area contributed by atoms with Crippen LogP contribution in [0, 0.1) is 6.92 Å². The van der Waals surface area contributed by atoms with E-state index in [1.54, 1.807) is 33.7 Å². The number of imidazole rings is 1. The van der Waals surface area contributed by atoms with Crippen molar-refractivity contribution in [3.63, 3.8) is 0 Å². The third kappa shape index (κ3) is 2.43. The quantitative estimate of drug-likeness (QED) is 0.576. The highest BCUT2D eigenvalue weighted by molar-refractivity contribution is 7.15. The molecule has 0 atom stereocenters. The largest absolute Gasteiger partial charge is 0.330 e. The molecule has 0 spiro atoms. The maximum absolute atomic E-state index is 12.6. The summed E-state index contributed by atoms with van der Waals surface area (Å²) in [6, 6.07) is 9.86. The van der Waals surface area contributed by atoms with Crippen molar-refractivity contribution in [1.82, 2.24) is 24.3 Å². The average Bonchev–Trinajstić information content (AvgIpc) is 3.13. The molecule has 0 N–H and O–H groups in total. The zero-order valence-corrected chi connectivity index (χ0v) is 14.1. The van der Waals surface area contributed by atoms with Crippen molar-refractivity contribution in [2.24, 2.45) is 7.05 Å². The lowest BCUT2D eigenvalue weighted by Gasteiger charge is -2.03. The highest BCUT2D eigenvalue weighted by Crippen LogP contribution is 2.28. The van der Waals surface area contributed by atoms with Gasteiger partial charge in [-0.2, -0.15) is 10.2 Å². The fourth-order valence-electron chi connectivity index (χ4n) is 2.73. The van der Waals surface area contributed by atoms with Crippen molar-refractivity contribution in [2.75, 3.05) is 0 Å². The summed E-state index contributed by atoms with van der Waals surface area (Å²) in [6.45, 7) is 2.45. The van der Waals surface area contributed by atoms with Crippen molar-refractivity contribution < 1.29 is 0 Å². The molecule has 0 amide bonds. The van der Waals surface area contributed by atoms with Gasteiger partial charge in [-0.3, -0.25) is 9.13 Å². The first-order chi connectivity index (χ1) is 11.6. The molecule has 4 rings (SSSR count). The van der Waals surface area contributed by atoms with Gasteiger partial charge in [0.15, 0.2) is 5.65 Å². The van der Waals surface area contributed by atoms with Crippen LogP contribution < -0.4 is 5.69 Å². The Labute approximate surface area is 142 Å². The number of pyridine rings is 1. The fraction of sp³-hybridized carbons (Fsp3) is 0.176. The minimum absolute atomic E-state index is 0.109. The van der Waals surface area contributed by atoms with Gasteiger partial charge in [0.05, 0.1) is 17.8 Å². The van der Waals surface area contributed by atoms with Gasteiger partial charge in [0.2, 0.25) is 0 Å². The number of hydrogen-bond donors (Lipinski definition) is 0. The van der Waals surface area contributed by atoms with E-state index >= 15 is 0 Å². The summed E-state index contributed by atoms with van der Waals surface area (Å²) in [7, 11) is 1.74. The molecule has 0 bridgehead atoms. The van der Waals surface area contributed by atoms with Crippen LogP contribution in [0.5, 0.6) is 0 Å². The Kier molecular flexibility index (Phi) is 3.50. The van der Waals surface area contributed by atoms with E-state index < -0.39 is 0 Å². The Morgan fingerprint density at radius 2 is 2.12 bits per heavy atom. The molecule has 7 heteroatoms. The molecule has 4 heterocycles. The van der Waals surface area contributed by atoms with Crippen LogP contribution in [0.1, 0.15) is 10.6 Å². The molecule has 0 aliphatic carbocycles. The van der Waals surface area contributed by atoms with E-state index in [2.05, 4.69) is 34.2 Å². The van der Waals surface area contributed by atoms with E-state index in [9.17, 15) is 4.79 Å². The van der Waals surface area contributed by atoms with Crippen LogP contribution in [0.2, 0.25) is 0 Å². The zero-order valence-electron chi connectivity index (χ0n) is 13.3. The first-order valence-electron chi connectivity index (χ1n) is 7.52. The van der Waals surface area contributed by atoms with Crippen LogP contribution in [0.3, 0.4) is 0 Å². The summed E-state index contributed by atoms with van der Waals surface area (Å²) < 4.78 is 3.26. The van der Waals surface area contributed by atoms with Crippen LogP contribution in [0.25, 0.3) is 21.6 Å². The minimum Gasteiger partial charge on any atom is -0.284 e. The Hall–Kier alpha value is -2.80. The van der Waals surface area contributed by atoms with E-state index in [1.165, 1.54) is 4.88 Å². The van der Waals surface area contributed by atoms with Crippen molar-refractivity contribution in [1.29, 1.82) is 0 Å². The van der Waals surface area contributed by atoms with E-state index in [0.717, 1.165) is 21.7 Å². The smallest absolute Gasteiger partial charge is 0.284 e. The molecule has 4 aromatic rings. The van der Waals surface area contributed by atoms with Crippen LogP contribution in [0.15, 0.2) is 47.5 Å². The van der Waals surface area contributed by atoms with Crippen molar-refractivity contribution >= 4 is 22.5 Å². The molecular weight excluding hydrogens is 322 g/mol. The zero-order chi connectivity index (χ0) is 16.7. The Bertz CT molecular complexity index is 1080. The van der Waals surface area contributed by atoms with E-state index in [-0.39, 0.29) is 5.69 Å². The SMILES string of the molecule is Cc1ccc(-c2cnc3c(c2)n(Cc2cccnn2)c(=O)n3C)s1. The van der Waals surface area contributed by atoms with Gasteiger partial charge in [0, 0.05) is 34.8 Å². The number of fused-ring (bicyclic) bond motifs is 1. The summed E-state index contributed by atoms with van der Waals surface area (Å²) in [5.74, 6) is 0. The lowest BCUT2D eigenvalue weighted by molar-refractivity contribution is 0.710. The maximum atomic E-state index is 12.6. The third-order valence-electron chi connectivity index (χ3n) is 3.95. The standard InChI is InChI=1S/C17H15N5OS/c1-11-5-6-15(24-11)12-8-14-16(18-9-12)21(2)17(23)22(14)10-13-4-3-7-19-20-13/h3-9H,10H2,1-2H3. The van der Waals surface area contributed by atoms with Crippen LogP contribution in [0.4, 0.5) is 0 Å². The fourth-order valence-corrected chi connectivity index (χ4v) is 3.58. The highest BCUT2D eigenvalue weighted by Gasteiger charge is 2.14. The molecule has 0 fully saturated rings. The highest BCUT2D eigenvalue weighted by atomic mass is 32.1. The molecule has 0 aliphatic heterocycles. The average molecular weight is 337 g/mol. The molecule has 24 heavy (non-hydrogen) atoms. The number of aryl methyl sites for hydroxylation is 2. The van der Waals surface area contributed by atoms with Gasteiger partial charge < -0.3 is 0 Å². The molecule has 6 nitrogen and oxygen atoms in total. The molecule has 0 unspecified atom stereocenters. The lowest BCUT2D eigenvalue weighted by Crippen LogP contribution is -2.23. The van der Waals surface area contributed by atoms with E-state index in [0.29, 0.717) is 12.2 Å². The first-order valence-corrected chi connectivity index (χ1v) is 8.34. The molecule has 0 aliphatic rings. The van der Waals surface area contributed by atoms with Gasteiger partial charge in [-0.15, -0.1) is 11.3 Å². The van der Waals surface area contributed by atoms with Gasteiger partial charge in [0.25, 0.3) is 0 Å². The second-order valence-corrected chi connectivity index (χ2v) is 6.91. The molecule has 0 saturated carbocycles. The van der Waals surface area contributed by atoms with E-state index in [4.69, 9.17) is 0 Å². The molecule has 4 aromatic heterocycles. The summed E-state index contributed by atoms with van der Waals surface area (Å²) in [5, 5.41) is 7.96. The van der Waals surface area contributed by atoms with Crippen LogP contribution in [-0.4, -0.2) is 24.3 Å². The van der Waals surface area contributed by atoms with Gasteiger partial charge in [-0.05, 0) is 37.3 Å². The Balaban J connectivity index is 1.89. The van der Waals surface area contributed by atoms with Crippen molar-refractivity contribution in [2.45, 2.75) is 13.5 Å². The molecule has 0 aromatic carbocycles. The predicted molar refractivity (Wildman–Crippen MR) is 94.2 cm³/mol. The number of rotatable bonds is 3. The third-order valence-corrected chi connectivity index (χ3v) is 5.00. The predicted octanol–water partition coefficient (Wildman–Crippen LogP) is 2.61. The van der Waals surface area contributed by atoms with Gasteiger partial charge in [-0.25, -0.2) is 9.78 Å². The number of nitrogens with zero attached hydrogens (tertiary/aromatic N) is 5. The Morgan fingerprint density at radius 1 is 1.25 bits per heavy atom. The van der Waals surface area contributed by atoms with E-state index in [1.807, 2.05) is 24.4 Å². The molecule has 0 radical (unpaired) electrons. The summed E-state index contributed by atoms with van der Waals surface area (Å²) in [5.41, 5.74) is 3.11. The summed E-state index contributed by atoms with van der Waals surface area (Å²) >= 11 is 1.71.